The van der Waals surface area contributed by atoms with Crippen molar-refractivity contribution in [1.82, 2.24) is 4.98 Å². The van der Waals surface area contributed by atoms with Crippen molar-refractivity contribution in [2.75, 3.05) is 6.61 Å². The van der Waals surface area contributed by atoms with Crippen LogP contribution >= 0.6 is 0 Å². The third kappa shape index (κ3) is 3.96. The van der Waals surface area contributed by atoms with Crippen molar-refractivity contribution >= 4 is 11.3 Å². The number of allylic oxidation sites excluding steroid dienone is 1. The molecule has 0 amide bonds. The smallest absolute Gasteiger partial charge is 0.121 e. The van der Waals surface area contributed by atoms with Gasteiger partial charge in [0, 0.05) is 35.5 Å². The maximum Gasteiger partial charge on any atom is 0.121 e. The van der Waals surface area contributed by atoms with Crippen LogP contribution in [-0.4, -0.2) is 22.4 Å². The van der Waals surface area contributed by atoms with Gasteiger partial charge in [-0.3, -0.25) is 4.98 Å². The van der Waals surface area contributed by atoms with E-state index in [1.165, 1.54) is 5.57 Å². The first-order chi connectivity index (χ1) is 13.8. The zero-order chi connectivity index (χ0) is 19.2. The quantitative estimate of drug-likeness (QED) is 0.378. The highest BCUT2D eigenvalue weighted by atomic mass is 16.6. The van der Waals surface area contributed by atoms with Crippen molar-refractivity contribution in [3.05, 3.63) is 101 Å². The Labute approximate surface area is 164 Å². The first-order valence-electron chi connectivity index (χ1n) is 9.49. The molecule has 1 aromatic heterocycles. The molecule has 0 radical (unpaired) electrons. The second-order valence-corrected chi connectivity index (χ2v) is 6.70. The summed E-state index contributed by atoms with van der Waals surface area (Å²) in [5, 5.41) is 14.5. The number of pyridine rings is 1. The van der Waals surface area contributed by atoms with Crippen LogP contribution in [0.4, 0.5) is 0 Å². The van der Waals surface area contributed by atoms with E-state index in [2.05, 4.69) is 22.3 Å². The Morgan fingerprint density at radius 3 is 2.68 bits per heavy atom. The van der Waals surface area contributed by atoms with Gasteiger partial charge in [0.1, 0.15) is 18.1 Å². The summed E-state index contributed by atoms with van der Waals surface area (Å²) in [7, 11) is 0. The Hall–Kier alpha value is -3.40. The van der Waals surface area contributed by atoms with Crippen LogP contribution in [0.2, 0.25) is 0 Å². The highest BCUT2D eigenvalue weighted by Crippen LogP contribution is 2.33. The highest BCUT2D eigenvalue weighted by Gasteiger charge is 2.15. The SMILES string of the molecule is Oc1cccc2c1CCC=C2CCO/N=C(\c1ccccc1)c1cccnc1. The van der Waals surface area contributed by atoms with Gasteiger partial charge >= 0.3 is 0 Å². The van der Waals surface area contributed by atoms with E-state index < -0.39 is 0 Å². The molecule has 140 valence electrons. The van der Waals surface area contributed by atoms with Crippen LogP contribution in [0.5, 0.6) is 5.75 Å². The number of hydrogen-bond donors (Lipinski definition) is 1. The standard InChI is InChI=1S/C24H22N2O2/c27-23-13-5-11-21-18(9-4-12-22(21)23)14-16-28-26-24(19-7-2-1-3-8-19)20-10-6-15-25-17-20/h1-3,5-11,13,15,17,27H,4,12,14,16H2/b26-24+. The van der Waals surface area contributed by atoms with Gasteiger partial charge < -0.3 is 9.94 Å². The van der Waals surface area contributed by atoms with Gasteiger partial charge in [-0.15, -0.1) is 0 Å². The lowest BCUT2D eigenvalue weighted by molar-refractivity contribution is 0.151. The molecule has 0 spiro atoms. The molecule has 4 rings (SSSR count). The average Bonchev–Trinajstić information content (AvgIpc) is 2.75. The second kappa shape index (κ2) is 8.53. The summed E-state index contributed by atoms with van der Waals surface area (Å²) in [6.07, 6.45) is 8.33. The monoisotopic (exact) mass is 370 g/mol. The van der Waals surface area contributed by atoms with Crippen molar-refractivity contribution in [2.24, 2.45) is 5.16 Å². The van der Waals surface area contributed by atoms with Gasteiger partial charge in [-0.1, -0.05) is 53.7 Å². The predicted molar refractivity (Wildman–Crippen MR) is 111 cm³/mol. The van der Waals surface area contributed by atoms with Crippen LogP contribution in [0.15, 0.2) is 84.3 Å². The van der Waals surface area contributed by atoms with E-state index in [-0.39, 0.29) is 0 Å². The van der Waals surface area contributed by atoms with Crippen molar-refractivity contribution < 1.29 is 9.94 Å². The van der Waals surface area contributed by atoms with Crippen LogP contribution in [0, 0.1) is 0 Å². The van der Waals surface area contributed by atoms with Crippen molar-refractivity contribution in [3.63, 3.8) is 0 Å². The van der Waals surface area contributed by atoms with Crippen LogP contribution in [0.3, 0.4) is 0 Å². The lowest BCUT2D eigenvalue weighted by Gasteiger charge is -2.18. The Bertz CT molecular complexity index is 954. The molecule has 4 nitrogen and oxygen atoms in total. The molecule has 4 heteroatoms. The molecule has 3 aromatic rings. The Morgan fingerprint density at radius 2 is 1.86 bits per heavy atom. The van der Waals surface area contributed by atoms with Crippen LogP contribution in [0.1, 0.15) is 35.1 Å². The van der Waals surface area contributed by atoms with E-state index in [9.17, 15) is 5.11 Å². The number of fused-ring (bicyclic) bond motifs is 1. The maximum atomic E-state index is 10.1. The predicted octanol–water partition coefficient (Wildman–Crippen LogP) is 4.98. The van der Waals surface area contributed by atoms with Crippen molar-refractivity contribution in [2.45, 2.75) is 19.3 Å². The second-order valence-electron chi connectivity index (χ2n) is 6.70. The Balaban J connectivity index is 1.49. The third-order valence-electron chi connectivity index (χ3n) is 4.88. The number of benzene rings is 2. The largest absolute Gasteiger partial charge is 0.508 e. The minimum Gasteiger partial charge on any atom is -0.508 e. The molecule has 0 bridgehead atoms. The molecule has 2 aromatic carbocycles. The number of phenols is 1. The van der Waals surface area contributed by atoms with Gasteiger partial charge in [0.15, 0.2) is 0 Å². The molecule has 0 saturated heterocycles. The summed E-state index contributed by atoms with van der Waals surface area (Å²) in [4.78, 5) is 9.91. The zero-order valence-electron chi connectivity index (χ0n) is 15.6. The number of oxime groups is 1. The Kier molecular flexibility index (Phi) is 5.48. The number of hydrogen-bond acceptors (Lipinski definition) is 4. The van der Waals surface area contributed by atoms with E-state index in [0.717, 1.165) is 47.2 Å². The molecule has 1 N–H and O–H groups in total. The number of rotatable bonds is 6. The minimum atomic E-state index is 0.380. The Morgan fingerprint density at radius 1 is 1.00 bits per heavy atom. The molecule has 0 aliphatic heterocycles. The molecule has 0 fully saturated rings. The number of aromatic hydroxyl groups is 1. The summed E-state index contributed by atoms with van der Waals surface area (Å²) >= 11 is 0. The minimum absolute atomic E-state index is 0.380. The van der Waals surface area contributed by atoms with E-state index in [4.69, 9.17) is 4.84 Å². The van der Waals surface area contributed by atoms with Gasteiger partial charge in [0.05, 0.1) is 0 Å². The third-order valence-corrected chi connectivity index (χ3v) is 4.88. The van der Waals surface area contributed by atoms with Crippen LogP contribution in [-0.2, 0) is 11.3 Å². The lowest BCUT2D eigenvalue weighted by Crippen LogP contribution is -2.06. The summed E-state index contributed by atoms with van der Waals surface area (Å²) in [6, 6.07) is 19.5. The van der Waals surface area contributed by atoms with Gasteiger partial charge in [-0.25, -0.2) is 0 Å². The first kappa shape index (κ1) is 18.0. The summed E-state index contributed by atoms with van der Waals surface area (Å²) in [5.74, 6) is 0.380. The zero-order valence-corrected chi connectivity index (χ0v) is 15.6. The summed E-state index contributed by atoms with van der Waals surface area (Å²) in [6.45, 7) is 0.470. The fourth-order valence-electron chi connectivity index (χ4n) is 3.51. The van der Waals surface area contributed by atoms with Gasteiger partial charge in [0.25, 0.3) is 0 Å². The normalized spacial score (nSPS) is 13.6. The van der Waals surface area contributed by atoms with Gasteiger partial charge in [-0.05, 0) is 42.2 Å². The van der Waals surface area contributed by atoms with E-state index in [1.54, 1.807) is 18.5 Å². The fourth-order valence-corrected chi connectivity index (χ4v) is 3.51. The average molecular weight is 370 g/mol. The number of phenolic OH excluding ortho intramolecular Hbond substituents is 1. The molecular formula is C24H22N2O2. The molecular weight excluding hydrogens is 348 g/mol. The van der Waals surface area contributed by atoms with E-state index >= 15 is 0 Å². The van der Waals surface area contributed by atoms with Crippen molar-refractivity contribution in [3.8, 4) is 5.75 Å². The highest BCUT2D eigenvalue weighted by molar-refractivity contribution is 6.12. The van der Waals surface area contributed by atoms with E-state index in [0.29, 0.717) is 12.4 Å². The fraction of sp³-hybridized carbons (Fsp3) is 0.167. The molecule has 0 atom stereocenters. The molecule has 28 heavy (non-hydrogen) atoms. The maximum absolute atomic E-state index is 10.1. The van der Waals surface area contributed by atoms with Gasteiger partial charge in [-0.2, -0.15) is 0 Å². The molecule has 1 aliphatic carbocycles. The topological polar surface area (TPSA) is 54.7 Å². The van der Waals surface area contributed by atoms with E-state index in [1.807, 2.05) is 48.5 Å². The number of nitrogens with zero attached hydrogens (tertiary/aromatic N) is 2. The lowest BCUT2D eigenvalue weighted by atomic mass is 9.89. The molecule has 0 unspecified atom stereocenters. The molecule has 1 heterocycles. The summed E-state index contributed by atoms with van der Waals surface area (Å²) < 4.78 is 0. The van der Waals surface area contributed by atoms with Crippen LogP contribution in [0.25, 0.3) is 5.57 Å². The van der Waals surface area contributed by atoms with Gasteiger partial charge in [0.2, 0.25) is 0 Å². The summed E-state index contributed by atoms with van der Waals surface area (Å²) in [5.41, 5.74) is 6.03. The van der Waals surface area contributed by atoms with Crippen LogP contribution < -0.4 is 0 Å². The molecule has 1 aliphatic rings. The number of aromatic nitrogens is 1. The molecule has 0 saturated carbocycles. The van der Waals surface area contributed by atoms with Crippen molar-refractivity contribution in [1.29, 1.82) is 0 Å². The first-order valence-corrected chi connectivity index (χ1v) is 9.49.